The van der Waals surface area contributed by atoms with Crippen LogP contribution in [0.1, 0.15) is 27.0 Å². The Bertz CT molecular complexity index is 950. The van der Waals surface area contributed by atoms with Gasteiger partial charge in [0, 0.05) is 24.8 Å². The molecule has 136 valence electrons. The number of nitrogens with zero attached hydrogens (tertiary/aromatic N) is 1. The molecule has 1 aliphatic rings. The number of carbonyl (C=O) groups is 2. The summed E-state index contributed by atoms with van der Waals surface area (Å²) < 4.78 is 22.7. The summed E-state index contributed by atoms with van der Waals surface area (Å²) in [6.07, 6.45) is 1.41. The molecule has 0 aromatic heterocycles. The van der Waals surface area contributed by atoms with E-state index in [0.717, 1.165) is 17.4 Å². The van der Waals surface area contributed by atoms with Gasteiger partial charge in [0.15, 0.2) is 9.84 Å². The van der Waals surface area contributed by atoms with Crippen LogP contribution in [0.4, 0.5) is 0 Å². The lowest BCUT2D eigenvalue weighted by molar-refractivity contribution is -0.142. The van der Waals surface area contributed by atoms with Gasteiger partial charge in [-0.05, 0) is 28.8 Å². The Balaban J connectivity index is 1.87. The predicted octanol–water partition coefficient (Wildman–Crippen LogP) is 1.88. The molecule has 0 unspecified atom stereocenters. The van der Waals surface area contributed by atoms with E-state index in [9.17, 15) is 23.1 Å². The number of hydrogen-bond acceptors (Lipinski definition) is 4. The molecule has 0 bridgehead atoms. The van der Waals surface area contributed by atoms with Crippen molar-refractivity contribution in [3.8, 4) is 0 Å². The van der Waals surface area contributed by atoms with Gasteiger partial charge in [-0.15, -0.1) is 0 Å². The van der Waals surface area contributed by atoms with Crippen molar-refractivity contribution in [1.29, 1.82) is 0 Å². The number of carboxylic acid groups (broad SMARTS) is 1. The molecule has 3 rings (SSSR count). The van der Waals surface area contributed by atoms with E-state index in [2.05, 4.69) is 0 Å². The normalized spacial score (nSPS) is 16.8. The molecule has 0 fully saturated rings. The maximum atomic E-state index is 12.9. The monoisotopic (exact) mass is 373 g/mol. The molecule has 0 saturated heterocycles. The van der Waals surface area contributed by atoms with Gasteiger partial charge in [-0.25, -0.2) is 13.2 Å². The minimum absolute atomic E-state index is 0.101. The lowest BCUT2D eigenvalue weighted by atomic mass is 9.93. The van der Waals surface area contributed by atoms with Gasteiger partial charge in [0.25, 0.3) is 5.91 Å². The molecule has 6 nitrogen and oxygen atoms in total. The highest BCUT2D eigenvalue weighted by Gasteiger charge is 2.34. The summed E-state index contributed by atoms with van der Waals surface area (Å²) in [6, 6.07) is 12.8. The zero-order valence-electron chi connectivity index (χ0n) is 14.3. The van der Waals surface area contributed by atoms with E-state index in [-0.39, 0.29) is 24.6 Å². The van der Waals surface area contributed by atoms with Gasteiger partial charge < -0.3 is 10.0 Å². The molecule has 0 aliphatic carbocycles. The molecule has 0 spiro atoms. The van der Waals surface area contributed by atoms with Crippen LogP contribution in [-0.2, 0) is 33.4 Å². The number of sulfone groups is 1. The van der Waals surface area contributed by atoms with Crippen molar-refractivity contribution in [2.75, 3.05) is 6.26 Å². The van der Waals surface area contributed by atoms with E-state index in [1.54, 1.807) is 24.3 Å². The fourth-order valence-electron chi connectivity index (χ4n) is 3.17. The molecule has 1 atom stereocenters. The fourth-order valence-corrected chi connectivity index (χ4v) is 3.97. The molecule has 0 radical (unpaired) electrons. The van der Waals surface area contributed by atoms with E-state index < -0.39 is 21.8 Å². The van der Waals surface area contributed by atoms with Gasteiger partial charge in [-0.3, -0.25) is 4.79 Å². The quantitative estimate of drug-likeness (QED) is 0.884. The van der Waals surface area contributed by atoms with E-state index in [1.807, 2.05) is 24.3 Å². The second kappa shape index (κ2) is 6.92. The second-order valence-electron chi connectivity index (χ2n) is 6.53. The number of hydrogen-bond donors (Lipinski definition) is 1. The highest BCUT2D eigenvalue weighted by Crippen LogP contribution is 2.25. The lowest BCUT2D eigenvalue weighted by Gasteiger charge is -2.34. The van der Waals surface area contributed by atoms with Crippen molar-refractivity contribution >= 4 is 21.7 Å². The molecule has 1 aliphatic heterocycles. The number of rotatable bonds is 4. The Morgan fingerprint density at radius 2 is 1.69 bits per heavy atom. The first-order valence-electron chi connectivity index (χ1n) is 8.12. The SMILES string of the molecule is CS(=O)(=O)Cc1ccc(C(=O)N2Cc3ccccc3C[C@@H]2C(=O)O)cc1. The summed E-state index contributed by atoms with van der Waals surface area (Å²) in [5.74, 6) is -1.52. The van der Waals surface area contributed by atoms with E-state index >= 15 is 0 Å². The first-order valence-corrected chi connectivity index (χ1v) is 10.2. The third kappa shape index (κ3) is 3.94. The first kappa shape index (κ1) is 18.1. The van der Waals surface area contributed by atoms with Crippen LogP contribution in [-0.4, -0.2) is 42.6 Å². The molecule has 2 aromatic rings. The molecular formula is C19H19NO5S. The molecule has 7 heteroatoms. The smallest absolute Gasteiger partial charge is 0.326 e. The van der Waals surface area contributed by atoms with Crippen molar-refractivity contribution < 1.29 is 23.1 Å². The zero-order chi connectivity index (χ0) is 18.9. The van der Waals surface area contributed by atoms with Gasteiger partial charge >= 0.3 is 5.97 Å². The summed E-state index contributed by atoms with van der Waals surface area (Å²) in [4.78, 5) is 25.9. The molecule has 1 heterocycles. The number of benzene rings is 2. The predicted molar refractivity (Wildman–Crippen MR) is 96.4 cm³/mol. The molecule has 2 aromatic carbocycles. The van der Waals surface area contributed by atoms with Gasteiger partial charge in [-0.1, -0.05) is 36.4 Å². The molecule has 0 saturated carbocycles. The summed E-state index contributed by atoms with van der Waals surface area (Å²) in [7, 11) is -3.16. The molecule has 1 amide bonds. The maximum Gasteiger partial charge on any atom is 0.326 e. The lowest BCUT2D eigenvalue weighted by Crippen LogP contribution is -2.48. The topological polar surface area (TPSA) is 91.8 Å². The van der Waals surface area contributed by atoms with Crippen molar-refractivity contribution in [3.05, 3.63) is 70.8 Å². The maximum absolute atomic E-state index is 12.9. The summed E-state index contributed by atoms with van der Waals surface area (Å²) in [5.41, 5.74) is 2.80. The Kier molecular flexibility index (Phi) is 4.82. The minimum atomic E-state index is -3.16. The van der Waals surface area contributed by atoms with E-state index in [0.29, 0.717) is 11.1 Å². The third-order valence-corrected chi connectivity index (χ3v) is 5.28. The first-order chi connectivity index (χ1) is 12.2. The Labute approximate surface area is 152 Å². The largest absolute Gasteiger partial charge is 0.480 e. The van der Waals surface area contributed by atoms with Gasteiger partial charge in [0.1, 0.15) is 6.04 Å². The molecule has 1 N–H and O–H groups in total. The Hall–Kier alpha value is -2.67. The average Bonchev–Trinajstić information content (AvgIpc) is 2.59. The van der Waals surface area contributed by atoms with Crippen molar-refractivity contribution in [1.82, 2.24) is 4.90 Å². The van der Waals surface area contributed by atoms with Crippen LogP contribution < -0.4 is 0 Å². The number of amides is 1. The Morgan fingerprint density at radius 3 is 2.27 bits per heavy atom. The summed E-state index contributed by atoms with van der Waals surface area (Å²) >= 11 is 0. The number of aliphatic carboxylic acids is 1. The van der Waals surface area contributed by atoms with Gasteiger partial charge in [-0.2, -0.15) is 0 Å². The third-order valence-electron chi connectivity index (χ3n) is 4.42. The molecular weight excluding hydrogens is 354 g/mol. The summed E-state index contributed by atoms with van der Waals surface area (Å²) in [6.45, 7) is 0.233. The average molecular weight is 373 g/mol. The van der Waals surface area contributed by atoms with Gasteiger partial charge in [0.2, 0.25) is 0 Å². The van der Waals surface area contributed by atoms with Crippen LogP contribution in [0.15, 0.2) is 48.5 Å². The van der Waals surface area contributed by atoms with Crippen LogP contribution in [0.5, 0.6) is 0 Å². The van der Waals surface area contributed by atoms with Crippen LogP contribution in [0.3, 0.4) is 0 Å². The zero-order valence-corrected chi connectivity index (χ0v) is 15.1. The van der Waals surface area contributed by atoms with Crippen molar-refractivity contribution in [2.45, 2.75) is 24.8 Å². The number of carbonyl (C=O) groups excluding carboxylic acids is 1. The van der Waals surface area contributed by atoms with E-state index in [4.69, 9.17) is 0 Å². The van der Waals surface area contributed by atoms with Crippen molar-refractivity contribution in [2.24, 2.45) is 0 Å². The van der Waals surface area contributed by atoms with Crippen LogP contribution in [0.2, 0.25) is 0 Å². The van der Waals surface area contributed by atoms with Gasteiger partial charge in [0.05, 0.1) is 5.75 Å². The highest BCUT2D eigenvalue weighted by atomic mass is 32.2. The highest BCUT2D eigenvalue weighted by molar-refractivity contribution is 7.89. The second-order valence-corrected chi connectivity index (χ2v) is 8.67. The van der Waals surface area contributed by atoms with Crippen LogP contribution in [0, 0.1) is 0 Å². The minimum Gasteiger partial charge on any atom is -0.480 e. The fraction of sp³-hybridized carbons (Fsp3) is 0.263. The Morgan fingerprint density at radius 1 is 1.08 bits per heavy atom. The van der Waals surface area contributed by atoms with Crippen LogP contribution in [0.25, 0.3) is 0 Å². The number of fused-ring (bicyclic) bond motifs is 1. The summed E-state index contributed by atoms with van der Waals surface area (Å²) in [5, 5.41) is 9.54. The van der Waals surface area contributed by atoms with E-state index in [1.165, 1.54) is 4.90 Å². The van der Waals surface area contributed by atoms with Crippen molar-refractivity contribution in [3.63, 3.8) is 0 Å². The standard InChI is InChI=1S/C19H19NO5S/c1-26(24,25)12-13-6-8-14(9-7-13)18(21)20-11-16-5-3-2-4-15(16)10-17(20)19(22)23/h2-9,17H,10-12H2,1H3,(H,22,23)/t17-/m1/s1. The number of carboxylic acids is 1. The molecule has 26 heavy (non-hydrogen) atoms. The van der Waals surface area contributed by atoms with Crippen LogP contribution >= 0.6 is 0 Å².